The molecule has 0 N–H and O–H groups in total. The second-order valence-corrected chi connectivity index (χ2v) is 6.81. The fourth-order valence-corrected chi connectivity index (χ4v) is 3.69. The van der Waals surface area contributed by atoms with Gasteiger partial charge in [0.25, 0.3) is 0 Å². The number of hydrogen-bond donors (Lipinski definition) is 0. The lowest BCUT2D eigenvalue weighted by atomic mass is 9.66. The number of rotatable bonds is 3. The van der Waals surface area contributed by atoms with Gasteiger partial charge in [0.2, 0.25) is 0 Å². The van der Waals surface area contributed by atoms with Gasteiger partial charge in [-0.25, -0.2) is 0 Å². The van der Waals surface area contributed by atoms with Gasteiger partial charge in [-0.2, -0.15) is 0 Å². The molecule has 1 aliphatic rings. The summed E-state index contributed by atoms with van der Waals surface area (Å²) >= 11 is 0. The van der Waals surface area contributed by atoms with Crippen molar-refractivity contribution in [2.75, 3.05) is 14.2 Å². The second-order valence-electron chi connectivity index (χ2n) is 6.81. The van der Waals surface area contributed by atoms with Gasteiger partial charge in [-0.05, 0) is 30.7 Å². The van der Waals surface area contributed by atoms with E-state index in [-0.39, 0.29) is 0 Å². The Hall–Kier alpha value is -2.89. The van der Waals surface area contributed by atoms with Crippen molar-refractivity contribution in [3.8, 4) is 5.75 Å². The summed E-state index contributed by atoms with van der Waals surface area (Å²) in [7, 11) is 2.48. The highest BCUT2D eigenvalue weighted by Gasteiger charge is 2.54. The lowest BCUT2D eigenvalue weighted by Gasteiger charge is -2.39. The van der Waals surface area contributed by atoms with Gasteiger partial charge >= 0.3 is 17.9 Å². The highest BCUT2D eigenvalue weighted by atomic mass is 16.6. The monoisotopic (exact) mass is 356 g/mol. The fourth-order valence-electron chi connectivity index (χ4n) is 3.69. The van der Waals surface area contributed by atoms with Crippen LogP contribution in [0.2, 0.25) is 0 Å². The molecule has 136 valence electrons. The third-order valence-electron chi connectivity index (χ3n) is 4.98. The van der Waals surface area contributed by atoms with Crippen LogP contribution in [0.5, 0.6) is 5.75 Å². The summed E-state index contributed by atoms with van der Waals surface area (Å²) in [5, 5.41) is 1.73. The number of benzene rings is 2. The standard InChI is InChI=1S/C20H20O6/c1-20(2,19(23)25-4)16-14-12-8-6-5-7-11(12)9-10-13(14)26-18(22)15(16)17(21)24-3/h5-10,15-16H,1-4H3. The maximum absolute atomic E-state index is 12.6. The number of hydrogen-bond acceptors (Lipinski definition) is 6. The van der Waals surface area contributed by atoms with E-state index < -0.39 is 35.2 Å². The minimum Gasteiger partial charge on any atom is -0.469 e. The molecule has 0 radical (unpaired) electrons. The van der Waals surface area contributed by atoms with Crippen LogP contribution in [0.15, 0.2) is 36.4 Å². The first kappa shape index (κ1) is 17.9. The predicted octanol–water partition coefficient (Wildman–Crippen LogP) is 2.83. The summed E-state index contributed by atoms with van der Waals surface area (Å²) in [6.45, 7) is 3.31. The zero-order valence-corrected chi connectivity index (χ0v) is 15.1. The molecule has 26 heavy (non-hydrogen) atoms. The molecule has 0 amide bonds. The van der Waals surface area contributed by atoms with E-state index in [0.717, 1.165) is 10.8 Å². The molecule has 0 aliphatic carbocycles. The molecule has 2 aromatic rings. The Morgan fingerprint density at radius 1 is 1.04 bits per heavy atom. The molecule has 1 heterocycles. The highest BCUT2D eigenvalue weighted by Crippen LogP contribution is 2.51. The van der Waals surface area contributed by atoms with Crippen LogP contribution >= 0.6 is 0 Å². The van der Waals surface area contributed by atoms with E-state index in [0.29, 0.717) is 11.3 Å². The summed E-state index contributed by atoms with van der Waals surface area (Å²) in [6.07, 6.45) is 0. The van der Waals surface area contributed by atoms with Gasteiger partial charge in [0.15, 0.2) is 5.92 Å². The first-order valence-electron chi connectivity index (χ1n) is 8.22. The van der Waals surface area contributed by atoms with Crippen molar-refractivity contribution < 1.29 is 28.6 Å². The summed E-state index contributed by atoms with van der Waals surface area (Å²) in [4.78, 5) is 37.5. The van der Waals surface area contributed by atoms with Crippen molar-refractivity contribution >= 4 is 28.7 Å². The number of ether oxygens (including phenoxy) is 3. The van der Waals surface area contributed by atoms with E-state index in [9.17, 15) is 14.4 Å². The third kappa shape index (κ3) is 2.62. The molecule has 0 fully saturated rings. The Labute approximate surface area is 151 Å². The van der Waals surface area contributed by atoms with Crippen molar-refractivity contribution in [2.24, 2.45) is 11.3 Å². The number of carbonyl (C=O) groups excluding carboxylic acids is 3. The van der Waals surface area contributed by atoms with Gasteiger partial charge in [-0.3, -0.25) is 14.4 Å². The summed E-state index contributed by atoms with van der Waals surface area (Å²) in [5.74, 6) is -3.70. The van der Waals surface area contributed by atoms with Crippen LogP contribution in [-0.4, -0.2) is 32.1 Å². The predicted molar refractivity (Wildman–Crippen MR) is 93.6 cm³/mol. The van der Waals surface area contributed by atoms with Crippen molar-refractivity contribution in [2.45, 2.75) is 19.8 Å². The van der Waals surface area contributed by atoms with Crippen molar-refractivity contribution in [3.63, 3.8) is 0 Å². The van der Waals surface area contributed by atoms with Gasteiger partial charge in [0, 0.05) is 11.5 Å². The zero-order valence-electron chi connectivity index (χ0n) is 15.1. The Kier molecular flexibility index (Phi) is 4.44. The molecule has 2 unspecified atom stereocenters. The van der Waals surface area contributed by atoms with E-state index in [1.54, 1.807) is 19.9 Å². The van der Waals surface area contributed by atoms with Crippen LogP contribution in [-0.2, 0) is 23.9 Å². The van der Waals surface area contributed by atoms with Crippen LogP contribution in [0.25, 0.3) is 10.8 Å². The quantitative estimate of drug-likeness (QED) is 0.478. The maximum atomic E-state index is 12.6. The smallest absolute Gasteiger partial charge is 0.326 e. The summed E-state index contributed by atoms with van der Waals surface area (Å²) in [6, 6.07) is 11.1. The van der Waals surface area contributed by atoms with E-state index >= 15 is 0 Å². The minimum atomic E-state index is -1.26. The minimum absolute atomic E-state index is 0.343. The lowest BCUT2D eigenvalue weighted by Crippen LogP contribution is -2.46. The van der Waals surface area contributed by atoms with Crippen LogP contribution < -0.4 is 4.74 Å². The van der Waals surface area contributed by atoms with Crippen molar-refractivity contribution in [3.05, 3.63) is 42.0 Å². The summed E-state index contributed by atoms with van der Waals surface area (Å²) in [5.41, 5.74) is -0.528. The Balaban J connectivity index is 2.35. The fraction of sp³-hybridized carbons (Fsp3) is 0.350. The van der Waals surface area contributed by atoms with Gasteiger partial charge in [-0.15, -0.1) is 0 Å². The molecule has 2 aromatic carbocycles. The molecular weight excluding hydrogens is 336 g/mol. The molecule has 0 spiro atoms. The van der Waals surface area contributed by atoms with Crippen molar-refractivity contribution in [1.29, 1.82) is 0 Å². The average molecular weight is 356 g/mol. The van der Waals surface area contributed by atoms with Crippen LogP contribution in [0, 0.1) is 11.3 Å². The highest BCUT2D eigenvalue weighted by molar-refractivity contribution is 6.02. The molecule has 6 heteroatoms. The molecule has 3 rings (SSSR count). The Morgan fingerprint density at radius 3 is 2.38 bits per heavy atom. The van der Waals surface area contributed by atoms with E-state index in [4.69, 9.17) is 14.2 Å². The molecule has 0 bridgehead atoms. The lowest BCUT2D eigenvalue weighted by molar-refractivity contribution is -0.163. The average Bonchev–Trinajstić information content (AvgIpc) is 2.65. The first-order chi connectivity index (χ1) is 12.3. The first-order valence-corrected chi connectivity index (χ1v) is 8.22. The SMILES string of the molecule is COC(=O)C1C(=O)Oc2ccc3ccccc3c2C1C(C)(C)C(=O)OC. The van der Waals surface area contributed by atoms with E-state index in [1.807, 2.05) is 30.3 Å². The van der Waals surface area contributed by atoms with Gasteiger partial charge in [0.1, 0.15) is 5.75 Å². The van der Waals surface area contributed by atoms with Crippen LogP contribution in [0.3, 0.4) is 0 Å². The zero-order chi connectivity index (χ0) is 19.1. The third-order valence-corrected chi connectivity index (χ3v) is 4.98. The molecule has 6 nitrogen and oxygen atoms in total. The van der Waals surface area contributed by atoms with Crippen LogP contribution in [0.1, 0.15) is 25.3 Å². The summed E-state index contributed by atoms with van der Waals surface area (Å²) < 4.78 is 15.2. The van der Waals surface area contributed by atoms with Gasteiger partial charge in [0.05, 0.1) is 19.6 Å². The normalized spacial score (nSPS) is 19.5. The molecule has 2 atom stereocenters. The molecule has 0 aromatic heterocycles. The molecule has 0 saturated carbocycles. The Morgan fingerprint density at radius 2 is 1.73 bits per heavy atom. The topological polar surface area (TPSA) is 78.9 Å². The number of carbonyl (C=O) groups is 3. The largest absolute Gasteiger partial charge is 0.469 e. The number of fused-ring (bicyclic) bond motifs is 3. The van der Waals surface area contributed by atoms with Crippen LogP contribution in [0.4, 0.5) is 0 Å². The molecule has 1 aliphatic heterocycles. The second kappa shape index (κ2) is 6.44. The number of methoxy groups -OCH3 is 2. The van der Waals surface area contributed by atoms with Gasteiger partial charge < -0.3 is 14.2 Å². The van der Waals surface area contributed by atoms with Crippen molar-refractivity contribution in [1.82, 2.24) is 0 Å². The maximum Gasteiger partial charge on any atom is 0.326 e. The van der Waals surface area contributed by atoms with Gasteiger partial charge in [-0.1, -0.05) is 30.3 Å². The van der Waals surface area contributed by atoms with E-state index in [2.05, 4.69) is 0 Å². The Bertz CT molecular complexity index is 898. The number of esters is 3. The van der Waals surface area contributed by atoms with E-state index in [1.165, 1.54) is 14.2 Å². The molecular formula is C20H20O6. The molecule has 0 saturated heterocycles.